The molecule has 0 radical (unpaired) electrons. The second kappa shape index (κ2) is 4.70. The zero-order valence-electron chi connectivity index (χ0n) is 12.1. The molecule has 1 aromatic heterocycles. The predicted octanol–water partition coefficient (Wildman–Crippen LogP) is 3.25. The van der Waals surface area contributed by atoms with E-state index in [-0.39, 0.29) is 4.90 Å². The van der Waals surface area contributed by atoms with Crippen molar-refractivity contribution in [1.29, 1.82) is 0 Å². The SMILES string of the molecule is Cc1cccc(C)c1-c1nc2c(S(C)(=O)=O)cccc2[nH]1. The van der Waals surface area contributed by atoms with Gasteiger partial charge in [-0.15, -0.1) is 0 Å². The molecule has 0 aliphatic rings. The number of aromatic amines is 1. The number of rotatable bonds is 2. The molecule has 3 rings (SSSR count). The highest BCUT2D eigenvalue weighted by atomic mass is 32.2. The Hall–Kier alpha value is -2.14. The van der Waals surface area contributed by atoms with E-state index in [1.807, 2.05) is 38.1 Å². The molecule has 5 heteroatoms. The number of aryl methyl sites for hydroxylation is 2. The van der Waals surface area contributed by atoms with Gasteiger partial charge in [-0.1, -0.05) is 24.3 Å². The van der Waals surface area contributed by atoms with E-state index in [1.165, 1.54) is 6.26 Å². The predicted molar refractivity (Wildman–Crippen MR) is 84.1 cm³/mol. The van der Waals surface area contributed by atoms with Crippen LogP contribution in [0.3, 0.4) is 0 Å². The standard InChI is InChI=1S/C16H16N2O2S/c1-10-6-4-7-11(2)14(10)16-17-12-8-5-9-13(15(12)18-16)21(3,19)20/h4-9H,1-3H3,(H,17,18). The van der Waals surface area contributed by atoms with E-state index in [2.05, 4.69) is 9.97 Å². The Kier molecular flexibility index (Phi) is 3.10. The van der Waals surface area contributed by atoms with Crippen LogP contribution in [0.2, 0.25) is 0 Å². The lowest BCUT2D eigenvalue weighted by molar-refractivity contribution is 0.602. The van der Waals surface area contributed by atoms with E-state index in [4.69, 9.17) is 0 Å². The van der Waals surface area contributed by atoms with Gasteiger partial charge in [-0.25, -0.2) is 13.4 Å². The van der Waals surface area contributed by atoms with Crippen molar-refractivity contribution in [2.24, 2.45) is 0 Å². The van der Waals surface area contributed by atoms with Gasteiger partial charge in [-0.2, -0.15) is 0 Å². The zero-order chi connectivity index (χ0) is 15.2. The molecular formula is C16H16N2O2S. The molecule has 3 aromatic rings. The Morgan fingerprint density at radius 1 is 1.00 bits per heavy atom. The van der Waals surface area contributed by atoms with Crippen LogP contribution in [0.4, 0.5) is 0 Å². The molecule has 0 aliphatic carbocycles. The summed E-state index contributed by atoms with van der Waals surface area (Å²) in [5.41, 5.74) is 4.46. The minimum absolute atomic E-state index is 0.258. The van der Waals surface area contributed by atoms with Crippen LogP contribution >= 0.6 is 0 Å². The van der Waals surface area contributed by atoms with E-state index < -0.39 is 9.84 Å². The van der Waals surface area contributed by atoms with Gasteiger partial charge in [0.2, 0.25) is 0 Å². The molecule has 0 aliphatic heterocycles. The third kappa shape index (κ3) is 2.34. The fourth-order valence-corrected chi connectivity index (χ4v) is 3.44. The first-order valence-electron chi connectivity index (χ1n) is 6.63. The fraction of sp³-hybridized carbons (Fsp3) is 0.188. The van der Waals surface area contributed by atoms with Crippen molar-refractivity contribution >= 4 is 20.9 Å². The number of para-hydroxylation sites is 1. The number of H-pyrrole nitrogens is 1. The van der Waals surface area contributed by atoms with Crippen LogP contribution in [0.15, 0.2) is 41.3 Å². The normalized spacial score (nSPS) is 12.0. The van der Waals surface area contributed by atoms with Gasteiger partial charge < -0.3 is 4.98 Å². The first-order chi connectivity index (χ1) is 9.88. The van der Waals surface area contributed by atoms with E-state index in [0.717, 1.165) is 22.2 Å². The molecule has 0 saturated carbocycles. The van der Waals surface area contributed by atoms with Crippen LogP contribution in [-0.4, -0.2) is 24.6 Å². The van der Waals surface area contributed by atoms with Gasteiger partial charge in [0, 0.05) is 11.8 Å². The van der Waals surface area contributed by atoms with Crippen LogP contribution in [0.25, 0.3) is 22.4 Å². The molecule has 0 unspecified atom stereocenters. The molecule has 108 valence electrons. The van der Waals surface area contributed by atoms with Gasteiger partial charge >= 0.3 is 0 Å². The van der Waals surface area contributed by atoms with E-state index >= 15 is 0 Å². The summed E-state index contributed by atoms with van der Waals surface area (Å²) >= 11 is 0. The largest absolute Gasteiger partial charge is 0.338 e. The van der Waals surface area contributed by atoms with E-state index in [0.29, 0.717) is 11.3 Å². The van der Waals surface area contributed by atoms with Gasteiger partial charge in [0.05, 0.1) is 10.4 Å². The number of hydrogen-bond acceptors (Lipinski definition) is 3. The second-order valence-corrected chi connectivity index (χ2v) is 7.26. The molecule has 21 heavy (non-hydrogen) atoms. The quantitative estimate of drug-likeness (QED) is 0.790. The molecule has 0 bridgehead atoms. The maximum absolute atomic E-state index is 11.9. The number of imidazole rings is 1. The summed E-state index contributed by atoms with van der Waals surface area (Å²) in [6.45, 7) is 4.04. The number of sulfone groups is 1. The minimum Gasteiger partial charge on any atom is -0.338 e. The Labute approximate surface area is 123 Å². The van der Waals surface area contributed by atoms with Crippen LogP contribution in [0.5, 0.6) is 0 Å². The van der Waals surface area contributed by atoms with Crippen molar-refractivity contribution in [2.45, 2.75) is 18.7 Å². The fourth-order valence-electron chi connectivity index (χ4n) is 2.61. The number of fused-ring (bicyclic) bond motifs is 1. The minimum atomic E-state index is -3.30. The van der Waals surface area contributed by atoms with E-state index in [9.17, 15) is 8.42 Å². The first kappa shape index (κ1) is 13.8. The highest BCUT2D eigenvalue weighted by Crippen LogP contribution is 2.29. The molecule has 0 saturated heterocycles. The van der Waals surface area contributed by atoms with Crippen LogP contribution in [-0.2, 0) is 9.84 Å². The summed E-state index contributed by atoms with van der Waals surface area (Å²) < 4.78 is 23.7. The highest BCUT2D eigenvalue weighted by molar-refractivity contribution is 7.91. The number of aromatic nitrogens is 2. The molecule has 1 heterocycles. The average Bonchev–Trinajstić information content (AvgIpc) is 2.80. The molecule has 4 nitrogen and oxygen atoms in total. The second-order valence-electron chi connectivity index (χ2n) is 5.28. The zero-order valence-corrected chi connectivity index (χ0v) is 13.0. The van der Waals surface area contributed by atoms with Gasteiger partial charge in [0.15, 0.2) is 9.84 Å². The van der Waals surface area contributed by atoms with Crippen molar-refractivity contribution < 1.29 is 8.42 Å². The molecule has 2 aromatic carbocycles. The maximum Gasteiger partial charge on any atom is 0.177 e. The summed E-state index contributed by atoms with van der Waals surface area (Å²) in [7, 11) is -3.30. The van der Waals surface area contributed by atoms with Crippen molar-refractivity contribution in [3.05, 3.63) is 47.5 Å². The molecular weight excluding hydrogens is 284 g/mol. The van der Waals surface area contributed by atoms with Gasteiger partial charge in [-0.05, 0) is 37.1 Å². The van der Waals surface area contributed by atoms with Gasteiger partial charge in [0.25, 0.3) is 0 Å². The average molecular weight is 300 g/mol. The Balaban J connectivity index is 2.33. The number of nitrogens with zero attached hydrogens (tertiary/aromatic N) is 1. The Morgan fingerprint density at radius 3 is 2.24 bits per heavy atom. The molecule has 1 N–H and O–H groups in total. The molecule has 0 fully saturated rings. The smallest absolute Gasteiger partial charge is 0.177 e. The Morgan fingerprint density at radius 2 is 1.62 bits per heavy atom. The third-order valence-electron chi connectivity index (χ3n) is 3.59. The van der Waals surface area contributed by atoms with E-state index in [1.54, 1.807) is 12.1 Å². The molecule has 0 atom stereocenters. The monoisotopic (exact) mass is 300 g/mol. The van der Waals surface area contributed by atoms with Crippen molar-refractivity contribution in [1.82, 2.24) is 9.97 Å². The van der Waals surface area contributed by atoms with Crippen molar-refractivity contribution in [3.63, 3.8) is 0 Å². The van der Waals surface area contributed by atoms with Crippen molar-refractivity contribution in [3.8, 4) is 11.4 Å². The summed E-state index contributed by atoms with van der Waals surface area (Å²) in [6.07, 6.45) is 1.20. The van der Waals surface area contributed by atoms with Gasteiger partial charge in [0.1, 0.15) is 11.3 Å². The lowest BCUT2D eigenvalue weighted by Gasteiger charge is -2.05. The number of benzene rings is 2. The summed E-state index contributed by atoms with van der Waals surface area (Å²) in [6, 6.07) is 11.2. The lowest BCUT2D eigenvalue weighted by atomic mass is 10.0. The molecule has 0 spiro atoms. The first-order valence-corrected chi connectivity index (χ1v) is 8.52. The summed E-state index contributed by atoms with van der Waals surface area (Å²) in [4.78, 5) is 8.02. The number of hydrogen-bond donors (Lipinski definition) is 1. The maximum atomic E-state index is 11.9. The highest BCUT2D eigenvalue weighted by Gasteiger charge is 2.17. The molecule has 0 amide bonds. The van der Waals surface area contributed by atoms with Crippen LogP contribution in [0, 0.1) is 13.8 Å². The van der Waals surface area contributed by atoms with Crippen LogP contribution in [0.1, 0.15) is 11.1 Å². The Bertz CT molecular complexity index is 920. The number of nitrogens with one attached hydrogen (secondary N) is 1. The third-order valence-corrected chi connectivity index (χ3v) is 4.72. The van der Waals surface area contributed by atoms with Crippen LogP contribution < -0.4 is 0 Å². The summed E-state index contributed by atoms with van der Waals surface area (Å²) in [5.74, 6) is 0.705. The van der Waals surface area contributed by atoms with Gasteiger partial charge in [-0.3, -0.25) is 0 Å². The van der Waals surface area contributed by atoms with Crippen molar-refractivity contribution in [2.75, 3.05) is 6.26 Å². The lowest BCUT2D eigenvalue weighted by Crippen LogP contribution is -1.97. The topological polar surface area (TPSA) is 62.8 Å². The summed E-state index contributed by atoms with van der Waals surface area (Å²) in [5, 5.41) is 0.